The Balaban J connectivity index is 0.000000501. The van der Waals surface area contributed by atoms with E-state index in [0.29, 0.717) is 38.5 Å². The van der Waals surface area contributed by atoms with Crippen LogP contribution < -0.4 is 0 Å². The maximum atomic E-state index is 12.1. The fraction of sp³-hybridized carbons (Fsp3) is 0.782. The molecule has 0 aromatic heterocycles. The molecule has 4 fully saturated rings. The largest absolute Gasteiger partial charge is 0.455 e. The highest BCUT2D eigenvalue weighted by Gasteiger charge is 2.64. The molecule has 0 bridgehead atoms. The van der Waals surface area contributed by atoms with Crippen LogP contribution in [0.5, 0.6) is 0 Å². The van der Waals surface area contributed by atoms with E-state index in [4.69, 9.17) is 18.9 Å². The molecule has 0 N–H and O–H groups in total. The molecule has 0 aromatic rings. The monoisotopic (exact) mass is 1060 g/mol. The SMILES string of the molecule is CCC(C)(C)C(=O)OCC(=O)N1C(=O)C(C)(C)C1(C)C.CCC(C)(C)C(=O)OCC(=O)N1C(=O)C(C)(C)C1(C)C.CCC(C)(C)C(=O)OCC(=O)N1C(=O)CC1(C)C.CCC(C)C(=O)OCC(=O)N1C(=O)CC1(C)C. The molecule has 4 aliphatic heterocycles. The first-order valence-corrected chi connectivity index (χ1v) is 25.8. The minimum Gasteiger partial charge on any atom is -0.455 e. The van der Waals surface area contributed by atoms with Crippen LogP contribution in [0, 0.1) is 33.0 Å². The second-order valence-corrected chi connectivity index (χ2v) is 25.0. The molecule has 75 heavy (non-hydrogen) atoms. The zero-order valence-electron chi connectivity index (χ0n) is 49.5. The number of rotatable bonds is 16. The van der Waals surface area contributed by atoms with Crippen LogP contribution in [0.4, 0.5) is 0 Å². The topological polar surface area (TPSA) is 255 Å². The Morgan fingerprint density at radius 3 is 0.880 bits per heavy atom. The van der Waals surface area contributed by atoms with Gasteiger partial charge in [0.1, 0.15) is 0 Å². The van der Waals surface area contributed by atoms with Crippen molar-refractivity contribution >= 4 is 71.1 Å². The second kappa shape index (κ2) is 24.2. The van der Waals surface area contributed by atoms with Crippen molar-refractivity contribution in [1.29, 1.82) is 0 Å². The molecular formula is C55H90N4O16. The Morgan fingerprint density at radius 1 is 0.440 bits per heavy atom. The van der Waals surface area contributed by atoms with Gasteiger partial charge in [0.05, 0.1) is 68.0 Å². The van der Waals surface area contributed by atoms with Crippen molar-refractivity contribution in [2.24, 2.45) is 33.0 Å². The van der Waals surface area contributed by atoms with Gasteiger partial charge in [-0.1, -0.05) is 34.6 Å². The second-order valence-electron chi connectivity index (χ2n) is 25.0. The molecular weight excluding hydrogens is 973 g/mol. The van der Waals surface area contributed by atoms with Gasteiger partial charge in [0.25, 0.3) is 23.6 Å². The van der Waals surface area contributed by atoms with E-state index in [2.05, 4.69) is 0 Å². The van der Waals surface area contributed by atoms with Crippen LogP contribution in [0.1, 0.15) is 198 Å². The first-order chi connectivity index (χ1) is 33.7. The summed E-state index contributed by atoms with van der Waals surface area (Å²) in [5.41, 5.74) is -5.01. The molecule has 4 heterocycles. The number of likely N-dealkylation sites (tertiary alicyclic amines) is 4. The van der Waals surface area contributed by atoms with Crippen LogP contribution in [0.25, 0.3) is 0 Å². The molecule has 20 heteroatoms. The summed E-state index contributed by atoms with van der Waals surface area (Å²) >= 11 is 0. The molecule has 4 saturated heterocycles. The van der Waals surface area contributed by atoms with Crippen molar-refractivity contribution in [3.63, 3.8) is 0 Å². The standard InChI is InChI=1S/2C15H25NO4.C13H21NO4.C12H19NO4/c2*1-8-13(2,3)12(19)20-9-10(17)16-11(18)14(4,5)15(16,6)7;1-6-12(2,3)11(17)18-8-10(16)14-9(15)7-13(14,4)5;1-5-8(2)11(16)17-7-10(15)13-9(14)6-12(13,3)4/h2*8-9H2,1-7H3;6-8H2,1-5H3;8H,5-7H2,1-4H3. The summed E-state index contributed by atoms with van der Waals surface area (Å²) in [5.74, 6) is -4.54. The molecule has 426 valence electrons. The van der Waals surface area contributed by atoms with Crippen molar-refractivity contribution < 1.29 is 76.5 Å². The Kier molecular flexibility index (Phi) is 21.8. The third-order valence-electron chi connectivity index (χ3n) is 16.2. The minimum absolute atomic E-state index is 0.209. The molecule has 1 atom stereocenters. The van der Waals surface area contributed by atoms with Gasteiger partial charge in [0.15, 0.2) is 26.4 Å². The van der Waals surface area contributed by atoms with Gasteiger partial charge in [-0.05, 0) is 150 Å². The molecule has 4 rings (SSSR count). The number of esters is 4. The van der Waals surface area contributed by atoms with Crippen molar-refractivity contribution in [2.45, 2.75) is 220 Å². The molecule has 0 spiro atoms. The first-order valence-electron chi connectivity index (χ1n) is 25.8. The van der Waals surface area contributed by atoms with E-state index in [1.165, 1.54) is 14.7 Å². The van der Waals surface area contributed by atoms with E-state index in [1.807, 2.05) is 111 Å². The lowest BCUT2D eigenvalue weighted by atomic mass is 9.64. The summed E-state index contributed by atoms with van der Waals surface area (Å²) in [4.78, 5) is 146. The number of amides is 8. The van der Waals surface area contributed by atoms with Crippen molar-refractivity contribution in [2.75, 3.05) is 26.4 Å². The van der Waals surface area contributed by atoms with E-state index in [9.17, 15) is 57.5 Å². The first kappa shape index (κ1) is 67.5. The van der Waals surface area contributed by atoms with Gasteiger partial charge in [-0.25, -0.2) is 0 Å². The molecule has 0 aromatic carbocycles. The fourth-order valence-corrected chi connectivity index (χ4v) is 7.50. The van der Waals surface area contributed by atoms with Crippen molar-refractivity contribution in [3.8, 4) is 0 Å². The summed E-state index contributed by atoms with van der Waals surface area (Å²) < 4.78 is 19.9. The van der Waals surface area contributed by atoms with E-state index in [0.717, 1.165) is 4.90 Å². The van der Waals surface area contributed by atoms with Crippen LogP contribution in [-0.4, -0.2) is 139 Å². The lowest BCUT2D eigenvalue weighted by molar-refractivity contribution is -0.192. The number of β-lactam (4-membered cyclic amide) rings is 4. The van der Waals surface area contributed by atoms with E-state index >= 15 is 0 Å². The number of hydrogen-bond donors (Lipinski definition) is 0. The Hall–Kier alpha value is -5.56. The van der Waals surface area contributed by atoms with Gasteiger partial charge in [-0.3, -0.25) is 77.1 Å². The number of carbonyl (C=O) groups is 12. The van der Waals surface area contributed by atoms with Gasteiger partial charge < -0.3 is 18.9 Å². The number of nitrogens with zero attached hydrogens (tertiary/aromatic N) is 4. The van der Waals surface area contributed by atoms with Gasteiger partial charge in [-0.2, -0.15) is 0 Å². The van der Waals surface area contributed by atoms with Crippen LogP contribution in [-0.2, 0) is 76.5 Å². The number of imide groups is 4. The molecule has 0 aliphatic carbocycles. The average molecular weight is 1060 g/mol. The average Bonchev–Trinajstić information content (AvgIpc) is 3.29. The third-order valence-corrected chi connectivity index (χ3v) is 16.2. The Morgan fingerprint density at radius 2 is 0.680 bits per heavy atom. The fourth-order valence-electron chi connectivity index (χ4n) is 7.50. The highest BCUT2D eigenvalue weighted by atomic mass is 16.6. The molecule has 20 nitrogen and oxygen atoms in total. The van der Waals surface area contributed by atoms with E-state index < -0.39 is 96.7 Å². The summed E-state index contributed by atoms with van der Waals surface area (Å²) in [6.45, 7) is 40.2. The maximum absolute atomic E-state index is 12.1. The third kappa shape index (κ3) is 14.7. The van der Waals surface area contributed by atoms with Crippen LogP contribution in [0.3, 0.4) is 0 Å². The minimum atomic E-state index is -0.617. The lowest BCUT2D eigenvalue weighted by Gasteiger charge is -2.58. The van der Waals surface area contributed by atoms with Gasteiger partial charge in [-0.15, -0.1) is 0 Å². The van der Waals surface area contributed by atoms with E-state index in [-0.39, 0.29) is 56.0 Å². The summed E-state index contributed by atoms with van der Waals surface area (Å²) in [5, 5.41) is 0. The van der Waals surface area contributed by atoms with Gasteiger partial charge in [0, 0.05) is 0 Å². The highest BCUT2D eigenvalue weighted by molar-refractivity contribution is 6.07. The maximum Gasteiger partial charge on any atom is 0.312 e. The molecule has 8 amide bonds. The molecule has 4 aliphatic rings. The Bertz CT molecular complexity index is 2160. The summed E-state index contributed by atoms with van der Waals surface area (Å²) in [6, 6.07) is 0. The van der Waals surface area contributed by atoms with Gasteiger partial charge in [0.2, 0.25) is 23.6 Å². The lowest BCUT2D eigenvalue weighted by Crippen LogP contribution is -2.75. The summed E-state index contributed by atoms with van der Waals surface area (Å²) in [6.07, 6.45) is 3.27. The smallest absolute Gasteiger partial charge is 0.312 e. The summed E-state index contributed by atoms with van der Waals surface area (Å²) in [7, 11) is 0. The molecule has 0 saturated carbocycles. The Labute approximate surface area is 445 Å². The van der Waals surface area contributed by atoms with E-state index in [1.54, 1.807) is 48.5 Å². The van der Waals surface area contributed by atoms with Crippen LogP contribution in [0.15, 0.2) is 0 Å². The number of carbonyl (C=O) groups excluding carboxylic acids is 12. The molecule has 0 radical (unpaired) electrons. The van der Waals surface area contributed by atoms with Crippen LogP contribution in [0.2, 0.25) is 0 Å². The van der Waals surface area contributed by atoms with Crippen molar-refractivity contribution in [3.05, 3.63) is 0 Å². The normalized spacial score (nSPS) is 19.7. The predicted octanol–water partition coefficient (Wildman–Crippen LogP) is 6.90. The molecule has 1 unspecified atom stereocenters. The number of ether oxygens (including phenoxy) is 4. The quantitative estimate of drug-likeness (QED) is 0.0866. The number of hydrogen-bond acceptors (Lipinski definition) is 16. The zero-order valence-corrected chi connectivity index (χ0v) is 49.5. The predicted molar refractivity (Wildman–Crippen MR) is 276 cm³/mol. The van der Waals surface area contributed by atoms with Crippen molar-refractivity contribution in [1.82, 2.24) is 19.6 Å². The van der Waals surface area contributed by atoms with Gasteiger partial charge >= 0.3 is 23.9 Å². The zero-order chi connectivity index (χ0) is 59.2. The highest BCUT2D eigenvalue weighted by Crippen LogP contribution is 2.48. The van der Waals surface area contributed by atoms with Crippen LogP contribution >= 0.6 is 0 Å².